The molecule has 5 heteroatoms. The molecule has 0 rings (SSSR count). The molecule has 12 heavy (non-hydrogen) atoms. The fourth-order valence-electron chi connectivity index (χ4n) is 0.612. The Morgan fingerprint density at radius 3 is 2.08 bits per heavy atom. The van der Waals surface area contributed by atoms with E-state index in [-0.39, 0.29) is 6.42 Å². The van der Waals surface area contributed by atoms with Gasteiger partial charge in [0.05, 0.1) is 0 Å². The predicted molar refractivity (Wildman–Crippen MR) is 40.3 cm³/mol. The van der Waals surface area contributed by atoms with Gasteiger partial charge < -0.3 is 11.5 Å². The van der Waals surface area contributed by atoms with Crippen LogP contribution in [0.4, 0.5) is 4.39 Å². The van der Waals surface area contributed by atoms with Crippen LogP contribution in [-0.4, -0.2) is 17.5 Å². The van der Waals surface area contributed by atoms with E-state index in [4.69, 9.17) is 6.42 Å². The van der Waals surface area contributed by atoms with Crippen molar-refractivity contribution in [3.63, 3.8) is 0 Å². The van der Waals surface area contributed by atoms with Crippen molar-refractivity contribution < 1.29 is 14.0 Å². The van der Waals surface area contributed by atoms with Crippen LogP contribution in [-0.2, 0) is 9.59 Å². The molecule has 0 aliphatic carbocycles. The van der Waals surface area contributed by atoms with Crippen LogP contribution >= 0.6 is 0 Å². The van der Waals surface area contributed by atoms with Crippen LogP contribution in [0.1, 0.15) is 12.8 Å². The smallest absolute Gasteiger partial charge is 0.266 e. The minimum atomic E-state index is -2.81. The van der Waals surface area contributed by atoms with Gasteiger partial charge in [-0.25, -0.2) is 4.39 Å². The maximum Gasteiger partial charge on any atom is 0.266 e. The van der Waals surface area contributed by atoms with Gasteiger partial charge in [-0.05, 0) is 0 Å². The molecule has 0 aliphatic rings. The Hall–Kier alpha value is -1.57. The molecule has 0 atom stereocenters. The van der Waals surface area contributed by atoms with Crippen LogP contribution in [0.2, 0.25) is 0 Å². The first-order chi connectivity index (χ1) is 5.45. The number of terminal acetylenes is 1. The first-order valence-electron chi connectivity index (χ1n) is 3.17. The Bertz CT molecular complexity index is 230. The standard InChI is InChI=1S/C7H9FN2O2/c1-2-3-4-7(8,5(9)11)6(10)12/h1H,3-4H2,(H2,9,11)(H2,10,12). The van der Waals surface area contributed by atoms with Gasteiger partial charge in [-0.3, -0.25) is 9.59 Å². The van der Waals surface area contributed by atoms with E-state index in [9.17, 15) is 14.0 Å². The molecule has 0 heterocycles. The molecule has 4 nitrogen and oxygen atoms in total. The summed E-state index contributed by atoms with van der Waals surface area (Å²) in [5.74, 6) is -0.718. The number of rotatable bonds is 4. The van der Waals surface area contributed by atoms with Gasteiger partial charge >= 0.3 is 0 Å². The zero-order chi connectivity index (χ0) is 9.78. The molecule has 0 aliphatic heterocycles. The maximum atomic E-state index is 13.2. The monoisotopic (exact) mass is 172 g/mol. The summed E-state index contributed by atoms with van der Waals surface area (Å²) in [4.78, 5) is 20.9. The number of alkyl halides is 1. The number of halogens is 1. The summed E-state index contributed by atoms with van der Waals surface area (Å²) in [6.07, 6.45) is 4.28. The molecule has 4 N–H and O–H groups in total. The van der Waals surface area contributed by atoms with E-state index in [0.717, 1.165) is 0 Å². The predicted octanol–water partition coefficient (Wildman–Crippen LogP) is -0.921. The summed E-state index contributed by atoms with van der Waals surface area (Å²) in [6, 6.07) is 0. The third-order valence-electron chi connectivity index (χ3n) is 1.39. The van der Waals surface area contributed by atoms with Gasteiger partial charge in [0, 0.05) is 12.8 Å². The lowest BCUT2D eigenvalue weighted by Crippen LogP contribution is -2.50. The van der Waals surface area contributed by atoms with Crippen LogP contribution in [0, 0.1) is 12.3 Å². The van der Waals surface area contributed by atoms with Crippen LogP contribution in [0.15, 0.2) is 0 Å². The summed E-state index contributed by atoms with van der Waals surface area (Å²) in [6.45, 7) is 0. The number of carbonyl (C=O) groups is 2. The van der Waals surface area contributed by atoms with E-state index in [2.05, 4.69) is 17.4 Å². The average Bonchev–Trinajstić information content (AvgIpc) is 1.99. The average molecular weight is 172 g/mol. The molecule has 0 saturated heterocycles. The Labute approximate surface area is 69.1 Å². The Morgan fingerprint density at radius 1 is 1.42 bits per heavy atom. The van der Waals surface area contributed by atoms with Crippen LogP contribution in [0.5, 0.6) is 0 Å². The lowest BCUT2D eigenvalue weighted by Gasteiger charge is -2.15. The number of nitrogens with two attached hydrogens (primary N) is 2. The highest BCUT2D eigenvalue weighted by molar-refractivity contribution is 6.06. The minimum absolute atomic E-state index is 0.0671. The molecule has 0 saturated carbocycles. The SMILES string of the molecule is C#CCCC(F)(C(N)=O)C(N)=O. The third-order valence-corrected chi connectivity index (χ3v) is 1.39. The van der Waals surface area contributed by atoms with E-state index in [1.165, 1.54) is 0 Å². The quantitative estimate of drug-likeness (QED) is 0.424. The van der Waals surface area contributed by atoms with Crippen molar-refractivity contribution in [3.05, 3.63) is 0 Å². The zero-order valence-corrected chi connectivity index (χ0v) is 6.34. The molecular formula is C7H9FN2O2. The molecule has 2 amide bonds. The Kier molecular flexibility index (Phi) is 3.23. The van der Waals surface area contributed by atoms with Crippen LogP contribution < -0.4 is 11.5 Å². The summed E-state index contributed by atoms with van der Waals surface area (Å²) in [7, 11) is 0. The van der Waals surface area contributed by atoms with Crippen molar-refractivity contribution in [3.8, 4) is 12.3 Å². The molecule has 0 spiro atoms. The number of hydrogen-bond acceptors (Lipinski definition) is 2. The fraction of sp³-hybridized carbons (Fsp3) is 0.429. The second kappa shape index (κ2) is 3.72. The minimum Gasteiger partial charge on any atom is -0.366 e. The fourth-order valence-corrected chi connectivity index (χ4v) is 0.612. The van der Waals surface area contributed by atoms with Gasteiger partial charge in [0.25, 0.3) is 17.5 Å². The third kappa shape index (κ3) is 1.95. The van der Waals surface area contributed by atoms with Crippen LogP contribution in [0.25, 0.3) is 0 Å². The Balaban J connectivity index is 4.54. The van der Waals surface area contributed by atoms with Crippen molar-refractivity contribution in [1.29, 1.82) is 0 Å². The van der Waals surface area contributed by atoms with Gasteiger partial charge in [0.2, 0.25) is 0 Å². The second-order valence-electron chi connectivity index (χ2n) is 2.23. The molecule has 0 fully saturated rings. The van der Waals surface area contributed by atoms with Crippen molar-refractivity contribution >= 4 is 11.8 Å². The van der Waals surface area contributed by atoms with E-state index in [1.54, 1.807) is 0 Å². The summed E-state index contributed by atoms with van der Waals surface area (Å²) >= 11 is 0. The van der Waals surface area contributed by atoms with Gasteiger partial charge in [0.15, 0.2) is 0 Å². The molecule has 0 aromatic carbocycles. The first kappa shape index (κ1) is 10.4. The molecule has 0 unspecified atom stereocenters. The number of carbonyl (C=O) groups excluding carboxylic acids is 2. The van der Waals surface area contributed by atoms with Crippen molar-refractivity contribution in [1.82, 2.24) is 0 Å². The zero-order valence-electron chi connectivity index (χ0n) is 6.34. The highest BCUT2D eigenvalue weighted by Crippen LogP contribution is 2.16. The highest BCUT2D eigenvalue weighted by atomic mass is 19.1. The molecule has 0 radical (unpaired) electrons. The van der Waals surface area contributed by atoms with E-state index < -0.39 is 23.9 Å². The van der Waals surface area contributed by atoms with E-state index >= 15 is 0 Å². The molecule has 0 aromatic heterocycles. The molecule has 0 bridgehead atoms. The summed E-state index contributed by atoms with van der Waals surface area (Å²) in [5, 5.41) is 0. The second-order valence-corrected chi connectivity index (χ2v) is 2.23. The largest absolute Gasteiger partial charge is 0.366 e. The van der Waals surface area contributed by atoms with Gasteiger partial charge in [-0.15, -0.1) is 12.3 Å². The maximum absolute atomic E-state index is 13.2. The topological polar surface area (TPSA) is 86.2 Å². The first-order valence-corrected chi connectivity index (χ1v) is 3.17. The summed E-state index contributed by atoms with van der Waals surface area (Å²) in [5.41, 5.74) is 6.45. The summed E-state index contributed by atoms with van der Waals surface area (Å²) < 4.78 is 13.2. The molecular weight excluding hydrogens is 163 g/mol. The highest BCUT2D eigenvalue weighted by Gasteiger charge is 2.42. The number of amides is 2. The van der Waals surface area contributed by atoms with Gasteiger partial charge in [-0.1, -0.05) is 0 Å². The number of primary amides is 2. The van der Waals surface area contributed by atoms with Crippen molar-refractivity contribution in [2.75, 3.05) is 0 Å². The van der Waals surface area contributed by atoms with E-state index in [0.29, 0.717) is 0 Å². The normalized spacial score (nSPS) is 10.3. The van der Waals surface area contributed by atoms with Crippen LogP contribution in [0.3, 0.4) is 0 Å². The Morgan fingerprint density at radius 2 is 1.83 bits per heavy atom. The van der Waals surface area contributed by atoms with Gasteiger partial charge in [0.1, 0.15) is 0 Å². The van der Waals surface area contributed by atoms with Gasteiger partial charge in [-0.2, -0.15) is 0 Å². The molecule has 0 aromatic rings. The van der Waals surface area contributed by atoms with E-state index in [1.807, 2.05) is 0 Å². The van der Waals surface area contributed by atoms with Crippen molar-refractivity contribution in [2.45, 2.75) is 18.5 Å². The van der Waals surface area contributed by atoms with Crippen molar-refractivity contribution in [2.24, 2.45) is 11.5 Å². The lowest BCUT2D eigenvalue weighted by molar-refractivity contribution is -0.142. The lowest BCUT2D eigenvalue weighted by atomic mass is 9.98. The molecule has 66 valence electrons. The number of hydrogen-bond donors (Lipinski definition) is 2.